The van der Waals surface area contributed by atoms with Crippen molar-refractivity contribution < 1.29 is 18.7 Å². The number of oxazole rings is 1. The predicted octanol–water partition coefficient (Wildman–Crippen LogP) is 4.86. The van der Waals surface area contributed by atoms with Crippen LogP contribution >= 0.6 is 11.3 Å². The van der Waals surface area contributed by atoms with Crippen LogP contribution in [0.5, 0.6) is 5.75 Å². The summed E-state index contributed by atoms with van der Waals surface area (Å²) in [5.74, 6) is 2.20. The molecule has 3 aromatic rings. The van der Waals surface area contributed by atoms with E-state index in [9.17, 15) is 4.79 Å². The molecule has 0 N–H and O–H groups in total. The van der Waals surface area contributed by atoms with Crippen LogP contribution in [0.3, 0.4) is 0 Å². The number of ether oxygens (including phenoxy) is 2. The first-order chi connectivity index (χ1) is 15.1. The molecule has 1 aromatic carbocycles. The lowest BCUT2D eigenvalue weighted by atomic mass is 10.0. The van der Waals surface area contributed by atoms with E-state index in [4.69, 9.17) is 13.9 Å². The second-order valence-corrected chi connectivity index (χ2v) is 8.69. The van der Waals surface area contributed by atoms with Crippen LogP contribution < -0.4 is 4.74 Å². The first kappa shape index (κ1) is 21.6. The summed E-state index contributed by atoms with van der Waals surface area (Å²) in [5.41, 5.74) is 2.09. The minimum atomic E-state index is -0.139. The van der Waals surface area contributed by atoms with Crippen molar-refractivity contribution in [2.75, 3.05) is 20.3 Å². The van der Waals surface area contributed by atoms with Gasteiger partial charge < -0.3 is 13.9 Å². The van der Waals surface area contributed by atoms with Gasteiger partial charge in [0.25, 0.3) is 0 Å². The molecule has 0 amide bonds. The van der Waals surface area contributed by atoms with Crippen molar-refractivity contribution in [1.29, 1.82) is 0 Å². The number of carbonyl (C=O) groups is 1. The van der Waals surface area contributed by atoms with Crippen LogP contribution in [0.4, 0.5) is 0 Å². The molecule has 0 aliphatic carbocycles. The third-order valence-corrected chi connectivity index (χ3v) is 6.49. The molecule has 31 heavy (non-hydrogen) atoms. The zero-order valence-electron chi connectivity index (χ0n) is 18.0. The fraction of sp³-hybridized carbons (Fsp3) is 0.417. The Morgan fingerprint density at radius 2 is 2.10 bits per heavy atom. The van der Waals surface area contributed by atoms with Crippen molar-refractivity contribution in [2.24, 2.45) is 0 Å². The highest BCUT2D eigenvalue weighted by Gasteiger charge is 2.29. The van der Waals surface area contributed by atoms with E-state index < -0.39 is 0 Å². The smallest absolute Gasteiger partial charge is 0.323 e. The third kappa shape index (κ3) is 5.35. The standard InChI is InChI=1S/C24H28N2O4S/c1-17-20(25-23(30-17)22-7-5-15-31-22)12-14-29-19-10-8-18(9-11-19)16-26-13-4-3-6-21(26)24(27)28-2/h5,7-11,15,21H,3-4,6,12-14,16H2,1-2H3/t21-/m1/s1. The largest absolute Gasteiger partial charge is 0.493 e. The van der Waals surface area contributed by atoms with E-state index >= 15 is 0 Å². The summed E-state index contributed by atoms with van der Waals surface area (Å²) in [6.45, 7) is 4.13. The molecular weight excluding hydrogens is 412 g/mol. The Hall–Kier alpha value is -2.64. The molecule has 1 aliphatic heterocycles. The molecule has 0 radical (unpaired) electrons. The lowest BCUT2D eigenvalue weighted by Crippen LogP contribution is -2.44. The maximum Gasteiger partial charge on any atom is 0.323 e. The van der Waals surface area contributed by atoms with Crippen molar-refractivity contribution >= 4 is 17.3 Å². The van der Waals surface area contributed by atoms with Gasteiger partial charge in [0.1, 0.15) is 17.6 Å². The molecule has 0 saturated carbocycles. The van der Waals surface area contributed by atoms with Crippen LogP contribution in [-0.4, -0.2) is 42.2 Å². The van der Waals surface area contributed by atoms with Gasteiger partial charge in [-0.1, -0.05) is 24.6 Å². The third-order valence-electron chi connectivity index (χ3n) is 5.63. The number of aryl methyl sites for hydroxylation is 1. The molecule has 2 aromatic heterocycles. The predicted molar refractivity (Wildman–Crippen MR) is 120 cm³/mol. The number of methoxy groups -OCH3 is 1. The lowest BCUT2D eigenvalue weighted by molar-refractivity contribution is -0.148. The summed E-state index contributed by atoms with van der Waals surface area (Å²) in [6.07, 6.45) is 3.74. The van der Waals surface area contributed by atoms with Crippen LogP contribution in [-0.2, 0) is 22.5 Å². The van der Waals surface area contributed by atoms with Gasteiger partial charge in [0.05, 0.1) is 24.3 Å². The molecule has 3 heterocycles. The molecule has 1 atom stereocenters. The van der Waals surface area contributed by atoms with Crippen LogP contribution in [0.1, 0.15) is 36.3 Å². The molecule has 0 bridgehead atoms. The highest BCUT2D eigenvalue weighted by Crippen LogP contribution is 2.26. The Balaban J connectivity index is 1.29. The number of hydrogen-bond donors (Lipinski definition) is 0. The Kier molecular flexibility index (Phi) is 7.04. The summed E-state index contributed by atoms with van der Waals surface area (Å²) < 4.78 is 16.7. The quantitative estimate of drug-likeness (QED) is 0.466. The summed E-state index contributed by atoms with van der Waals surface area (Å²) in [4.78, 5) is 19.9. The number of esters is 1. The summed E-state index contributed by atoms with van der Waals surface area (Å²) >= 11 is 1.62. The van der Waals surface area contributed by atoms with Crippen LogP contribution in [0.25, 0.3) is 10.8 Å². The van der Waals surface area contributed by atoms with E-state index in [1.807, 2.05) is 36.6 Å². The molecular formula is C24H28N2O4S. The average Bonchev–Trinajstić information content (AvgIpc) is 3.45. The van der Waals surface area contributed by atoms with Crippen molar-refractivity contribution in [3.63, 3.8) is 0 Å². The summed E-state index contributed by atoms with van der Waals surface area (Å²) in [6, 6.07) is 12.0. The van der Waals surface area contributed by atoms with Crippen molar-refractivity contribution in [2.45, 2.75) is 45.2 Å². The van der Waals surface area contributed by atoms with Crippen LogP contribution in [0, 0.1) is 6.92 Å². The monoisotopic (exact) mass is 440 g/mol. The number of nitrogens with zero attached hydrogens (tertiary/aromatic N) is 2. The molecule has 7 heteroatoms. The second kappa shape index (κ2) is 10.1. The maximum absolute atomic E-state index is 12.1. The molecule has 0 unspecified atom stereocenters. The number of piperidine rings is 1. The van der Waals surface area contributed by atoms with Gasteiger partial charge in [0.15, 0.2) is 0 Å². The van der Waals surface area contributed by atoms with Gasteiger partial charge in [-0.3, -0.25) is 9.69 Å². The first-order valence-electron chi connectivity index (χ1n) is 10.7. The van der Waals surface area contributed by atoms with E-state index in [1.165, 1.54) is 7.11 Å². The maximum atomic E-state index is 12.1. The van der Waals surface area contributed by atoms with Gasteiger partial charge in [-0.05, 0) is 55.5 Å². The minimum Gasteiger partial charge on any atom is -0.493 e. The van der Waals surface area contributed by atoms with E-state index in [0.29, 0.717) is 18.9 Å². The molecule has 1 fully saturated rings. The fourth-order valence-corrected chi connectivity index (χ4v) is 4.59. The molecule has 1 saturated heterocycles. The van der Waals surface area contributed by atoms with Gasteiger partial charge >= 0.3 is 5.97 Å². The molecule has 0 spiro atoms. The second-order valence-electron chi connectivity index (χ2n) is 7.75. The van der Waals surface area contributed by atoms with Gasteiger partial charge in [-0.2, -0.15) is 0 Å². The van der Waals surface area contributed by atoms with E-state index in [-0.39, 0.29) is 12.0 Å². The number of benzene rings is 1. The molecule has 164 valence electrons. The van der Waals surface area contributed by atoms with Gasteiger partial charge in [-0.25, -0.2) is 4.98 Å². The Morgan fingerprint density at radius 3 is 2.84 bits per heavy atom. The molecule has 1 aliphatic rings. The SMILES string of the molecule is COC(=O)[C@H]1CCCCN1Cc1ccc(OCCc2nc(-c3cccs3)oc2C)cc1. The zero-order valence-corrected chi connectivity index (χ0v) is 18.8. The minimum absolute atomic E-state index is 0.134. The highest BCUT2D eigenvalue weighted by atomic mass is 32.1. The number of hydrogen-bond acceptors (Lipinski definition) is 7. The van der Waals surface area contributed by atoms with E-state index in [0.717, 1.165) is 60.0 Å². The number of thiophene rings is 1. The Morgan fingerprint density at radius 1 is 1.26 bits per heavy atom. The topological polar surface area (TPSA) is 64.8 Å². The average molecular weight is 441 g/mol. The number of likely N-dealkylation sites (tertiary alicyclic amines) is 1. The van der Waals surface area contributed by atoms with Crippen molar-refractivity contribution in [3.05, 3.63) is 58.8 Å². The van der Waals surface area contributed by atoms with Gasteiger partial charge in [0, 0.05) is 13.0 Å². The highest BCUT2D eigenvalue weighted by molar-refractivity contribution is 7.13. The van der Waals surface area contributed by atoms with Crippen molar-refractivity contribution in [3.8, 4) is 16.5 Å². The van der Waals surface area contributed by atoms with Gasteiger partial charge in [-0.15, -0.1) is 11.3 Å². The van der Waals surface area contributed by atoms with Crippen molar-refractivity contribution in [1.82, 2.24) is 9.88 Å². The zero-order chi connectivity index (χ0) is 21.6. The van der Waals surface area contributed by atoms with Crippen LogP contribution in [0.2, 0.25) is 0 Å². The molecule has 4 rings (SSSR count). The van der Waals surface area contributed by atoms with E-state index in [2.05, 4.69) is 22.0 Å². The van der Waals surface area contributed by atoms with Gasteiger partial charge in [0.2, 0.25) is 5.89 Å². The molecule has 6 nitrogen and oxygen atoms in total. The summed E-state index contributed by atoms with van der Waals surface area (Å²) in [7, 11) is 1.46. The fourth-order valence-electron chi connectivity index (χ4n) is 3.94. The first-order valence-corrected chi connectivity index (χ1v) is 11.6. The Labute approximate surface area is 186 Å². The van der Waals surface area contributed by atoms with Crippen LogP contribution in [0.15, 0.2) is 46.2 Å². The van der Waals surface area contributed by atoms with E-state index in [1.54, 1.807) is 11.3 Å². The number of rotatable bonds is 8. The Bertz CT molecular complexity index is 982. The number of carbonyl (C=O) groups excluding carboxylic acids is 1. The summed E-state index contributed by atoms with van der Waals surface area (Å²) in [5, 5.41) is 2.02. The normalized spacial score (nSPS) is 16.9. The lowest BCUT2D eigenvalue weighted by Gasteiger charge is -2.33. The number of aromatic nitrogens is 1.